The van der Waals surface area contributed by atoms with Crippen LogP contribution in [0.2, 0.25) is 0 Å². The van der Waals surface area contributed by atoms with E-state index in [1.807, 2.05) is 0 Å². The Morgan fingerprint density at radius 1 is 1.55 bits per heavy atom. The molecule has 1 amide bonds. The molecule has 7 heteroatoms. The molecule has 0 bridgehead atoms. The number of amides is 1. The summed E-state index contributed by atoms with van der Waals surface area (Å²) in [4.78, 5) is 31.6. The Bertz CT molecular complexity index is 817. The summed E-state index contributed by atoms with van der Waals surface area (Å²) in [7, 11) is 0. The number of aromatic amines is 1. The molecule has 3 heterocycles. The number of rotatable bonds is 3. The van der Waals surface area contributed by atoms with Crippen LogP contribution in [0, 0.1) is 6.92 Å². The Morgan fingerprint density at radius 2 is 2.40 bits per heavy atom. The molecular formula is C13H11N3O3S. The summed E-state index contributed by atoms with van der Waals surface area (Å²) < 4.78 is 5.15. The second kappa shape index (κ2) is 4.93. The average molecular weight is 289 g/mol. The lowest BCUT2D eigenvalue weighted by Crippen LogP contribution is -2.22. The van der Waals surface area contributed by atoms with Crippen molar-refractivity contribution in [3.63, 3.8) is 0 Å². The standard InChI is InChI=1S/C13H11N3O3S/c1-7-9-11(17)15-6-16-13(9)20-10(7)12(18)14-5-8-3-2-4-19-8/h2-4,6H,5H2,1H3,(H,14,18)(H,15,16,17). The van der Waals surface area contributed by atoms with Crippen molar-refractivity contribution in [3.8, 4) is 0 Å². The summed E-state index contributed by atoms with van der Waals surface area (Å²) in [5.74, 6) is 0.439. The minimum Gasteiger partial charge on any atom is -0.467 e. The van der Waals surface area contributed by atoms with Gasteiger partial charge in [-0.05, 0) is 24.6 Å². The highest BCUT2D eigenvalue weighted by atomic mass is 32.1. The fourth-order valence-electron chi connectivity index (χ4n) is 1.96. The van der Waals surface area contributed by atoms with Gasteiger partial charge < -0.3 is 14.7 Å². The molecule has 102 valence electrons. The van der Waals surface area contributed by atoms with E-state index in [0.717, 1.165) is 0 Å². The quantitative estimate of drug-likeness (QED) is 0.769. The molecule has 0 fully saturated rings. The number of nitrogens with one attached hydrogen (secondary N) is 2. The SMILES string of the molecule is Cc1c(C(=O)NCc2ccco2)sc2nc[nH]c(=O)c12. The number of aromatic nitrogens is 2. The van der Waals surface area contributed by atoms with Crippen LogP contribution in [0.3, 0.4) is 0 Å². The highest BCUT2D eigenvalue weighted by Crippen LogP contribution is 2.26. The molecule has 0 aromatic carbocycles. The molecule has 0 unspecified atom stereocenters. The number of aryl methyl sites for hydroxylation is 1. The molecule has 0 radical (unpaired) electrons. The zero-order valence-corrected chi connectivity index (χ0v) is 11.4. The first-order chi connectivity index (χ1) is 9.66. The minimum atomic E-state index is -0.235. The lowest BCUT2D eigenvalue weighted by molar-refractivity contribution is 0.0951. The smallest absolute Gasteiger partial charge is 0.262 e. The molecule has 0 aliphatic heterocycles. The molecular weight excluding hydrogens is 278 g/mol. The zero-order valence-electron chi connectivity index (χ0n) is 10.6. The van der Waals surface area contributed by atoms with Crippen LogP contribution in [0.15, 0.2) is 33.9 Å². The third-order valence-corrected chi connectivity index (χ3v) is 4.14. The van der Waals surface area contributed by atoms with Gasteiger partial charge in [-0.1, -0.05) is 0 Å². The first kappa shape index (κ1) is 12.6. The van der Waals surface area contributed by atoms with E-state index in [4.69, 9.17) is 4.42 Å². The van der Waals surface area contributed by atoms with Gasteiger partial charge in [-0.2, -0.15) is 0 Å². The average Bonchev–Trinajstić information content (AvgIpc) is 3.05. The van der Waals surface area contributed by atoms with Gasteiger partial charge in [0.25, 0.3) is 11.5 Å². The van der Waals surface area contributed by atoms with Crippen LogP contribution in [0.5, 0.6) is 0 Å². The van der Waals surface area contributed by atoms with E-state index in [-0.39, 0.29) is 11.5 Å². The molecule has 0 aliphatic carbocycles. The predicted molar refractivity (Wildman–Crippen MR) is 74.9 cm³/mol. The van der Waals surface area contributed by atoms with Crippen molar-refractivity contribution in [3.05, 3.63) is 51.3 Å². The second-order valence-corrected chi connectivity index (χ2v) is 5.23. The van der Waals surface area contributed by atoms with Gasteiger partial charge in [0.05, 0.1) is 29.4 Å². The fourth-order valence-corrected chi connectivity index (χ4v) is 3.02. The van der Waals surface area contributed by atoms with E-state index in [1.165, 1.54) is 17.7 Å². The van der Waals surface area contributed by atoms with E-state index in [0.29, 0.717) is 33.0 Å². The maximum atomic E-state index is 12.2. The van der Waals surface area contributed by atoms with E-state index >= 15 is 0 Å². The van der Waals surface area contributed by atoms with Crippen molar-refractivity contribution in [1.29, 1.82) is 0 Å². The normalized spacial score (nSPS) is 10.8. The van der Waals surface area contributed by atoms with Crippen LogP contribution in [0.4, 0.5) is 0 Å². The predicted octanol–water partition coefficient (Wildman–Crippen LogP) is 1.82. The summed E-state index contributed by atoms with van der Waals surface area (Å²) in [5.41, 5.74) is 0.421. The van der Waals surface area contributed by atoms with Gasteiger partial charge in [0.2, 0.25) is 0 Å². The Kier molecular flexibility index (Phi) is 3.11. The number of nitrogens with zero attached hydrogens (tertiary/aromatic N) is 1. The van der Waals surface area contributed by atoms with Crippen molar-refractivity contribution in [2.45, 2.75) is 13.5 Å². The molecule has 0 aliphatic rings. The minimum absolute atomic E-state index is 0.228. The molecule has 20 heavy (non-hydrogen) atoms. The van der Waals surface area contributed by atoms with Crippen molar-refractivity contribution < 1.29 is 9.21 Å². The van der Waals surface area contributed by atoms with Crippen molar-refractivity contribution in [1.82, 2.24) is 15.3 Å². The molecule has 3 rings (SSSR count). The van der Waals surface area contributed by atoms with E-state index in [2.05, 4.69) is 15.3 Å². The number of furan rings is 1. The van der Waals surface area contributed by atoms with Gasteiger partial charge in [0, 0.05) is 0 Å². The van der Waals surface area contributed by atoms with Crippen LogP contribution < -0.4 is 10.9 Å². The number of carbonyl (C=O) groups is 1. The van der Waals surface area contributed by atoms with E-state index < -0.39 is 0 Å². The number of thiophene rings is 1. The van der Waals surface area contributed by atoms with Crippen molar-refractivity contribution in [2.75, 3.05) is 0 Å². The van der Waals surface area contributed by atoms with Gasteiger partial charge >= 0.3 is 0 Å². The van der Waals surface area contributed by atoms with Gasteiger partial charge in [-0.25, -0.2) is 4.98 Å². The first-order valence-electron chi connectivity index (χ1n) is 5.94. The Labute approximate surface area is 117 Å². The van der Waals surface area contributed by atoms with Gasteiger partial charge in [0.15, 0.2) is 0 Å². The summed E-state index contributed by atoms with van der Waals surface area (Å²) in [6.07, 6.45) is 2.89. The second-order valence-electron chi connectivity index (χ2n) is 4.23. The summed E-state index contributed by atoms with van der Waals surface area (Å²) in [6.45, 7) is 2.06. The highest BCUT2D eigenvalue weighted by molar-refractivity contribution is 7.20. The molecule has 0 saturated carbocycles. The van der Waals surface area contributed by atoms with Crippen LogP contribution in [-0.4, -0.2) is 15.9 Å². The molecule has 0 atom stereocenters. The van der Waals surface area contributed by atoms with E-state index in [1.54, 1.807) is 25.3 Å². The zero-order chi connectivity index (χ0) is 14.1. The van der Waals surface area contributed by atoms with Crippen LogP contribution >= 0.6 is 11.3 Å². The van der Waals surface area contributed by atoms with Crippen molar-refractivity contribution in [2.24, 2.45) is 0 Å². The van der Waals surface area contributed by atoms with Gasteiger partial charge in [-0.3, -0.25) is 9.59 Å². The molecule has 0 saturated heterocycles. The maximum Gasteiger partial charge on any atom is 0.262 e. The Morgan fingerprint density at radius 3 is 3.10 bits per heavy atom. The van der Waals surface area contributed by atoms with Crippen LogP contribution in [0.1, 0.15) is 21.0 Å². The maximum absolute atomic E-state index is 12.2. The van der Waals surface area contributed by atoms with Crippen LogP contribution in [0.25, 0.3) is 10.2 Å². The highest BCUT2D eigenvalue weighted by Gasteiger charge is 2.18. The topological polar surface area (TPSA) is 88.0 Å². The molecule has 3 aromatic heterocycles. The molecule has 0 spiro atoms. The number of hydrogen-bond donors (Lipinski definition) is 2. The number of fused-ring (bicyclic) bond motifs is 1. The Hall–Kier alpha value is -2.41. The number of hydrogen-bond acceptors (Lipinski definition) is 5. The number of H-pyrrole nitrogens is 1. The number of carbonyl (C=O) groups excluding carboxylic acids is 1. The molecule has 3 aromatic rings. The van der Waals surface area contributed by atoms with Crippen molar-refractivity contribution >= 4 is 27.5 Å². The fraction of sp³-hybridized carbons (Fsp3) is 0.154. The monoisotopic (exact) mass is 289 g/mol. The Balaban J connectivity index is 1.90. The largest absolute Gasteiger partial charge is 0.467 e. The molecule has 6 nitrogen and oxygen atoms in total. The van der Waals surface area contributed by atoms with E-state index in [9.17, 15) is 9.59 Å². The van der Waals surface area contributed by atoms with Gasteiger partial charge in [0.1, 0.15) is 10.6 Å². The molecule has 2 N–H and O–H groups in total. The summed E-state index contributed by atoms with van der Waals surface area (Å²) in [6, 6.07) is 3.54. The van der Waals surface area contributed by atoms with Crippen LogP contribution in [-0.2, 0) is 6.54 Å². The third kappa shape index (κ3) is 2.12. The van der Waals surface area contributed by atoms with Gasteiger partial charge in [-0.15, -0.1) is 11.3 Å². The summed E-state index contributed by atoms with van der Waals surface area (Å²) in [5, 5.41) is 3.23. The first-order valence-corrected chi connectivity index (χ1v) is 6.76. The lowest BCUT2D eigenvalue weighted by atomic mass is 10.2. The third-order valence-electron chi connectivity index (χ3n) is 2.94. The summed E-state index contributed by atoms with van der Waals surface area (Å²) >= 11 is 1.21. The lowest BCUT2D eigenvalue weighted by Gasteiger charge is -2.01.